The first-order valence-electron chi connectivity index (χ1n) is 11.2. The van der Waals surface area contributed by atoms with Crippen molar-refractivity contribution in [2.75, 3.05) is 39.3 Å². The average Bonchev–Trinajstić information content (AvgIpc) is 2.62. The molecule has 0 aromatic rings. The lowest BCUT2D eigenvalue weighted by molar-refractivity contribution is 0.279. The van der Waals surface area contributed by atoms with Crippen molar-refractivity contribution < 1.29 is 0 Å². The number of hydrogen-bond acceptors (Lipinski definition) is 4. The molecule has 0 fully saturated rings. The fourth-order valence-corrected chi connectivity index (χ4v) is 7.80. The Balaban J connectivity index is 5.65. The maximum atomic E-state index is 4.01. The van der Waals surface area contributed by atoms with Crippen molar-refractivity contribution in [3.8, 4) is 0 Å². The first-order valence-corrected chi connectivity index (χ1v) is 13.1. The lowest BCUT2D eigenvalue weighted by atomic mass is 10.3. The molecule has 0 aliphatic heterocycles. The number of unbranched alkanes of at least 4 members (excludes halogenated alkanes) is 4. The molecule has 4 nitrogen and oxygen atoms in total. The van der Waals surface area contributed by atoms with Gasteiger partial charge in [0.05, 0.1) is 0 Å². The lowest BCUT2D eigenvalue weighted by Gasteiger charge is -2.49. The topological polar surface area (TPSA) is 30.5 Å². The first-order chi connectivity index (χ1) is 12.2. The van der Waals surface area contributed by atoms with Gasteiger partial charge in [0.2, 0.25) is 0 Å². The van der Waals surface area contributed by atoms with Gasteiger partial charge in [0.15, 0.2) is 0 Å². The van der Waals surface area contributed by atoms with E-state index in [1.807, 2.05) is 0 Å². The molecule has 0 aromatic heterocycles. The van der Waals surface area contributed by atoms with Crippen LogP contribution >= 0.6 is 0 Å². The number of hydrogen-bond donors (Lipinski definition) is 2. The van der Waals surface area contributed by atoms with Crippen molar-refractivity contribution in [3.05, 3.63) is 0 Å². The quantitative estimate of drug-likeness (QED) is 0.348. The Morgan fingerprint density at radius 2 is 0.800 bits per heavy atom. The highest BCUT2D eigenvalue weighted by molar-refractivity contribution is 6.69. The zero-order valence-corrected chi connectivity index (χ0v) is 19.3. The summed E-state index contributed by atoms with van der Waals surface area (Å²) < 4.78 is 5.66. The third-order valence-electron chi connectivity index (χ3n) is 4.89. The van der Waals surface area contributed by atoms with E-state index in [1.165, 1.54) is 77.5 Å². The number of nitrogens with one attached hydrogen (secondary N) is 2. The Labute approximate surface area is 160 Å². The van der Waals surface area contributed by atoms with Crippen LogP contribution in [0, 0.1) is 0 Å². The molecule has 0 spiro atoms. The standard InChI is InChI=1S/C20H48N4Si/c1-7-13-17-23(18-14-8-2)25(21-11-5,22-12-6)24(19-15-9-3)20-16-10-4/h21-22H,7-20H2,1-6H3. The summed E-state index contributed by atoms with van der Waals surface area (Å²) in [6, 6.07) is 0. The van der Waals surface area contributed by atoms with E-state index in [0.29, 0.717) is 0 Å². The van der Waals surface area contributed by atoms with Crippen molar-refractivity contribution in [1.82, 2.24) is 19.1 Å². The van der Waals surface area contributed by atoms with Gasteiger partial charge in [-0.25, -0.2) is 0 Å². The van der Waals surface area contributed by atoms with Crippen LogP contribution in [-0.4, -0.2) is 57.1 Å². The van der Waals surface area contributed by atoms with E-state index in [1.54, 1.807) is 0 Å². The molecule has 0 radical (unpaired) electrons. The fraction of sp³-hybridized carbons (Fsp3) is 1.00. The molecular formula is C20H48N4Si. The molecular weight excluding hydrogens is 324 g/mol. The third-order valence-corrected chi connectivity index (χ3v) is 9.31. The van der Waals surface area contributed by atoms with Gasteiger partial charge in [0, 0.05) is 0 Å². The van der Waals surface area contributed by atoms with Gasteiger partial charge in [-0.3, -0.25) is 9.13 Å². The SMILES string of the molecule is CCCCN(CCCC)[Si](NCC)(NCC)N(CCCC)CCCC. The van der Waals surface area contributed by atoms with Crippen molar-refractivity contribution in [1.29, 1.82) is 0 Å². The van der Waals surface area contributed by atoms with Crippen molar-refractivity contribution >= 4 is 8.72 Å². The van der Waals surface area contributed by atoms with Gasteiger partial charge in [-0.15, -0.1) is 0 Å². The van der Waals surface area contributed by atoms with Gasteiger partial charge in [0.25, 0.3) is 0 Å². The average molecular weight is 373 g/mol. The minimum absolute atomic E-state index is 1.04. The van der Waals surface area contributed by atoms with Crippen LogP contribution in [0.2, 0.25) is 0 Å². The summed E-state index contributed by atoms with van der Waals surface area (Å²) in [7, 11) is -2.04. The molecule has 0 saturated heterocycles. The van der Waals surface area contributed by atoms with Crippen LogP contribution in [0.1, 0.15) is 92.9 Å². The second kappa shape index (κ2) is 16.2. The van der Waals surface area contributed by atoms with Gasteiger partial charge >= 0.3 is 8.72 Å². The van der Waals surface area contributed by atoms with Crippen molar-refractivity contribution in [2.45, 2.75) is 92.9 Å². The Hall–Kier alpha value is 0.0569. The van der Waals surface area contributed by atoms with Crippen molar-refractivity contribution in [2.24, 2.45) is 0 Å². The number of rotatable bonds is 18. The summed E-state index contributed by atoms with van der Waals surface area (Å²) in [4.78, 5) is 8.02. The lowest BCUT2D eigenvalue weighted by Crippen LogP contribution is -2.82. The Morgan fingerprint density at radius 3 is 1.00 bits per heavy atom. The fourth-order valence-electron chi connectivity index (χ4n) is 3.47. The van der Waals surface area contributed by atoms with Gasteiger partial charge in [0.1, 0.15) is 0 Å². The Morgan fingerprint density at radius 1 is 0.520 bits per heavy atom. The van der Waals surface area contributed by atoms with E-state index in [2.05, 4.69) is 60.6 Å². The van der Waals surface area contributed by atoms with Gasteiger partial charge in [-0.2, -0.15) is 0 Å². The van der Waals surface area contributed by atoms with E-state index in [-0.39, 0.29) is 0 Å². The summed E-state index contributed by atoms with van der Waals surface area (Å²) >= 11 is 0. The highest BCUT2D eigenvalue weighted by Crippen LogP contribution is 2.16. The van der Waals surface area contributed by atoms with E-state index in [9.17, 15) is 0 Å². The minimum Gasteiger partial charge on any atom is -0.301 e. The second-order valence-corrected chi connectivity index (χ2v) is 10.4. The predicted octanol–water partition coefficient (Wildman–Crippen LogP) is 4.45. The summed E-state index contributed by atoms with van der Waals surface area (Å²) in [6.45, 7) is 20.8. The molecule has 0 heterocycles. The molecule has 5 heteroatoms. The minimum atomic E-state index is -2.04. The summed E-state index contributed by atoms with van der Waals surface area (Å²) in [6.07, 6.45) is 10.3. The van der Waals surface area contributed by atoms with E-state index in [4.69, 9.17) is 0 Å². The van der Waals surface area contributed by atoms with E-state index >= 15 is 0 Å². The Bertz CT molecular complexity index is 245. The van der Waals surface area contributed by atoms with E-state index < -0.39 is 8.72 Å². The molecule has 0 aromatic carbocycles. The molecule has 0 aliphatic carbocycles. The maximum absolute atomic E-state index is 4.01. The molecule has 0 rings (SSSR count). The predicted molar refractivity (Wildman–Crippen MR) is 116 cm³/mol. The maximum Gasteiger partial charge on any atom is 0.371 e. The van der Waals surface area contributed by atoms with Crippen LogP contribution in [0.4, 0.5) is 0 Å². The molecule has 0 unspecified atom stereocenters. The highest BCUT2D eigenvalue weighted by Gasteiger charge is 2.45. The molecule has 2 N–H and O–H groups in total. The smallest absolute Gasteiger partial charge is 0.301 e. The highest BCUT2D eigenvalue weighted by atomic mass is 28.4. The van der Waals surface area contributed by atoms with Crippen LogP contribution in [0.25, 0.3) is 0 Å². The second-order valence-electron chi connectivity index (χ2n) is 7.12. The molecule has 0 atom stereocenters. The first kappa shape index (κ1) is 25.1. The van der Waals surface area contributed by atoms with Gasteiger partial charge in [-0.1, -0.05) is 67.2 Å². The third kappa shape index (κ3) is 9.00. The summed E-state index contributed by atoms with van der Waals surface area (Å²) in [5, 5.41) is 0. The van der Waals surface area contributed by atoms with Crippen LogP contribution < -0.4 is 9.96 Å². The monoisotopic (exact) mass is 372 g/mol. The van der Waals surface area contributed by atoms with Crippen LogP contribution in [0.3, 0.4) is 0 Å². The molecule has 25 heavy (non-hydrogen) atoms. The van der Waals surface area contributed by atoms with Gasteiger partial charge in [-0.05, 0) is 65.0 Å². The molecule has 152 valence electrons. The summed E-state index contributed by atoms with van der Waals surface area (Å²) in [5.74, 6) is 0. The van der Waals surface area contributed by atoms with Crippen LogP contribution in [0.15, 0.2) is 0 Å². The normalized spacial score (nSPS) is 12.5. The van der Waals surface area contributed by atoms with Crippen molar-refractivity contribution in [3.63, 3.8) is 0 Å². The molecule has 0 saturated carbocycles. The van der Waals surface area contributed by atoms with Crippen LogP contribution in [0.5, 0.6) is 0 Å². The molecule has 0 amide bonds. The molecule has 0 bridgehead atoms. The Kier molecular flexibility index (Phi) is 16.3. The van der Waals surface area contributed by atoms with Gasteiger partial charge < -0.3 is 9.96 Å². The zero-order chi connectivity index (χ0) is 19.0. The van der Waals surface area contributed by atoms with E-state index in [0.717, 1.165) is 13.1 Å². The molecule has 0 aliphatic rings. The largest absolute Gasteiger partial charge is 0.371 e. The van der Waals surface area contributed by atoms with Crippen LogP contribution in [-0.2, 0) is 0 Å². The number of nitrogens with zero attached hydrogens (tertiary/aromatic N) is 2. The zero-order valence-electron chi connectivity index (χ0n) is 18.3. The summed E-state index contributed by atoms with van der Waals surface area (Å²) in [5.41, 5.74) is 0.